The van der Waals surface area contributed by atoms with Gasteiger partial charge in [0, 0.05) is 0 Å². The highest BCUT2D eigenvalue weighted by atomic mass is 35.5. The van der Waals surface area contributed by atoms with E-state index in [2.05, 4.69) is 16.5 Å². The number of hydrogen-bond donors (Lipinski definition) is 0. The Morgan fingerprint density at radius 2 is 2.17 bits per heavy atom. The SMILES string of the molecule is Clc1ccccc1-c1n[c]no1. The van der Waals surface area contributed by atoms with E-state index in [-0.39, 0.29) is 0 Å². The highest BCUT2D eigenvalue weighted by Crippen LogP contribution is 2.24. The number of nitrogens with zero attached hydrogens (tertiary/aromatic N) is 2. The molecule has 4 heteroatoms. The van der Waals surface area contributed by atoms with Crippen LogP contribution in [0.1, 0.15) is 0 Å². The molecule has 2 aromatic rings. The summed E-state index contributed by atoms with van der Waals surface area (Å²) >= 11 is 5.87. The molecular weight excluding hydrogens is 176 g/mol. The molecule has 0 saturated carbocycles. The fourth-order valence-electron chi connectivity index (χ4n) is 0.894. The van der Waals surface area contributed by atoms with Crippen molar-refractivity contribution in [1.29, 1.82) is 0 Å². The summed E-state index contributed by atoms with van der Waals surface area (Å²) in [5.41, 5.74) is 0.730. The fourth-order valence-corrected chi connectivity index (χ4v) is 1.11. The van der Waals surface area contributed by atoms with E-state index in [1.165, 1.54) is 0 Å². The van der Waals surface area contributed by atoms with E-state index in [0.717, 1.165) is 5.56 Å². The molecule has 12 heavy (non-hydrogen) atoms. The van der Waals surface area contributed by atoms with Crippen molar-refractivity contribution in [3.05, 3.63) is 35.6 Å². The summed E-state index contributed by atoms with van der Waals surface area (Å²) in [5.74, 6) is 0.389. The molecule has 0 spiro atoms. The highest BCUT2D eigenvalue weighted by molar-refractivity contribution is 6.33. The second kappa shape index (κ2) is 2.95. The predicted molar refractivity (Wildman–Crippen MR) is 43.6 cm³/mol. The first kappa shape index (κ1) is 7.31. The molecule has 1 radical (unpaired) electrons. The van der Waals surface area contributed by atoms with Gasteiger partial charge in [-0.05, 0) is 12.1 Å². The van der Waals surface area contributed by atoms with Crippen molar-refractivity contribution in [1.82, 2.24) is 10.1 Å². The predicted octanol–water partition coefficient (Wildman–Crippen LogP) is 2.19. The molecule has 0 aliphatic carbocycles. The maximum Gasteiger partial charge on any atom is 0.259 e. The molecule has 0 fully saturated rings. The van der Waals surface area contributed by atoms with E-state index in [9.17, 15) is 0 Å². The Hall–Kier alpha value is -1.35. The molecule has 0 amide bonds. The van der Waals surface area contributed by atoms with Crippen LogP contribution in [0.3, 0.4) is 0 Å². The van der Waals surface area contributed by atoms with Gasteiger partial charge in [0.05, 0.1) is 10.6 Å². The Balaban J connectivity index is 2.55. The Kier molecular flexibility index (Phi) is 1.80. The summed E-state index contributed by atoms with van der Waals surface area (Å²) < 4.78 is 4.80. The van der Waals surface area contributed by atoms with Gasteiger partial charge in [-0.25, -0.2) is 0 Å². The van der Waals surface area contributed by atoms with Gasteiger partial charge in [-0.3, -0.25) is 0 Å². The lowest BCUT2D eigenvalue weighted by Crippen LogP contribution is -1.77. The van der Waals surface area contributed by atoms with Gasteiger partial charge in [0.15, 0.2) is 0 Å². The van der Waals surface area contributed by atoms with Crippen LogP contribution in [0.25, 0.3) is 11.5 Å². The molecule has 59 valence electrons. The van der Waals surface area contributed by atoms with Crippen molar-refractivity contribution >= 4 is 11.6 Å². The van der Waals surface area contributed by atoms with Crippen LogP contribution < -0.4 is 0 Å². The second-order valence-electron chi connectivity index (χ2n) is 2.18. The number of halogens is 1. The lowest BCUT2D eigenvalue weighted by Gasteiger charge is -1.95. The smallest absolute Gasteiger partial charge is 0.259 e. The minimum absolute atomic E-state index is 0.389. The van der Waals surface area contributed by atoms with E-state index in [0.29, 0.717) is 10.9 Å². The van der Waals surface area contributed by atoms with Gasteiger partial charge in [-0.2, -0.15) is 4.98 Å². The monoisotopic (exact) mass is 179 g/mol. The summed E-state index contributed by atoms with van der Waals surface area (Å²) in [4.78, 5) is 3.76. The lowest BCUT2D eigenvalue weighted by molar-refractivity contribution is 0.429. The van der Waals surface area contributed by atoms with Crippen molar-refractivity contribution in [2.75, 3.05) is 0 Å². The maximum absolute atomic E-state index is 5.87. The first-order chi connectivity index (χ1) is 5.88. The molecule has 0 aliphatic rings. The Bertz CT molecular complexity index is 372. The van der Waals surface area contributed by atoms with Crippen LogP contribution in [0.4, 0.5) is 0 Å². The minimum atomic E-state index is 0.389. The van der Waals surface area contributed by atoms with Crippen LogP contribution in [0.5, 0.6) is 0 Å². The first-order valence-corrected chi connectivity index (χ1v) is 3.70. The van der Waals surface area contributed by atoms with Crippen molar-refractivity contribution in [2.24, 2.45) is 0 Å². The van der Waals surface area contributed by atoms with E-state index in [4.69, 9.17) is 16.1 Å². The van der Waals surface area contributed by atoms with Crippen LogP contribution >= 0.6 is 11.6 Å². The zero-order valence-corrected chi connectivity index (χ0v) is 6.75. The molecule has 0 bridgehead atoms. The standard InChI is InChI=1S/C8H4ClN2O/c9-7-4-2-1-3-6(7)8-10-5-11-12-8/h1-4H. The molecule has 1 aromatic heterocycles. The van der Waals surface area contributed by atoms with Gasteiger partial charge in [0.25, 0.3) is 5.89 Å². The summed E-state index contributed by atoms with van der Waals surface area (Å²) in [6.07, 6.45) is 2.33. The van der Waals surface area contributed by atoms with Gasteiger partial charge in [0.2, 0.25) is 6.33 Å². The molecule has 1 heterocycles. The Labute approximate surface area is 74.0 Å². The average Bonchev–Trinajstić information content (AvgIpc) is 2.57. The summed E-state index contributed by atoms with van der Waals surface area (Å²) in [7, 11) is 0. The molecule has 0 saturated heterocycles. The van der Waals surface area contributed by atoms with E-state index in [1.807, 2.05) is 18.2 Å². The van der Waals surface area contributed by atoms with Crippen LogP contribution in [0.15, 0.2) is 28.8 Å². The molecule has 0 atom stereocenters. The lowest BCUT2D eigenvalue weighted by atomic mass is 10.2. The first-order valence-electron chi connectivity index (χ1n) is 3.32. The zero-order chi connectivity index (χ0) is 8.39. The molecule has 2 rings (SSSR count). The summed E-state index contributed by atoms with van der Waals surface area (Å²) in [5, 5.41) is 3.96. The van der Waals surface area contributed by atoms with Gasteiger partial charge in [-0.1, -0.05) is 28.9 Å². The molecule has 0 unspecified atom stereocenters. The van der Waals surface area contributed by atoms with E-state index >= 15 is 0 Å². The van der Waals surface area contributed by atoms with Crippen molar-refractivity contribution in [3.8, 4) is 11.5 Å². The van der Waals surface area contributed by atoms with Gasteiger partial charge < -0.3 is 4.52 Å². The van der Waals surface area contributed by atoms with E-state index < -0.39 is 0 Å². The summed E-state index contributed by atoms with van der Waals surface area (Å²) in [6, 6.07) is 7.27. The average molecular weight is 180 g/mol. The molecule has 0 N–H and O–H groups in total. The largest absolute Gasteiger partial charge is 0.333 e. The third-order valence-corrected chi connectivity index (χ3v) is 1.76. The number of aromatic nitrogens is 2. The van der Waals surface area contributed by atoms with Crippen molar-refractivity contribution in [2.45, 2.75) is 0 Å². The topological polar surface area (TPSA) is 38.9 Å². The maximum atomic E-state index is 5.87. The quantitative estimate of drug-likeness (QED) is 0.674. The van der Waals surface area contributed by atoms with Crippen LogP contribution in [0.2, 0.25) is 5.02 Å². The normalized spacial score (nSPS) is 10.1. The minimum Gasteiger partial charge on any atom is -0.333 e. The van der Waals surface area contributed by atoms with Crippen LogP contribution in [-0.2, 0) is 0 Å². The molecule has 3 nitrogen and oxygen atoms in total. The third kappa shape index (κ3) is 1.19. The summed E-state index contributed by atoms with van der Waals surface area (Å²) in [6.45, 7) is 0. The second-order valence-corrected chi connectivity index (χ2v) is 2.59. The van der Waals surface area contributed by atoms with Crippen LogP contribution in [0, 0.1) is 6.33 Å². The van der Waals surface area contributed by atoms with Gasteiger partial charge >= 0.3 is 0 Å². The van der Waals surface area contributed by atoms with E-state index in [1.54, 1.807) is 6.07 Å². The zero-order valence-electron chi connectivity index (χ0n) is 5.99. The Morgan fingerprint density at radius 1 is 1.33 bits per heavy atom. The molecular formula is C8H4ClN2O. The molecule has 0 aliphatic heterocycles. The van der Waals surface area contributed by atoms with Gasteiger partial charge in [-0.15, -0.1) is 0 Å². The number of rotatable bonds is 1. The highest BCUT2D eigenvalue weighted by Gasteiger charge is 2.06. The number of hydrogen-bond acceptors (Lipinski definition) is 3. The van der Waals surface area contributed by atoms with Crippen molar-refractivity contribution in [3.63, 3.8) is 0 Å². The fraction of sp³-hybridized carbons (Fsp3) is 0. The third-order valence-electron chi connectivity index (χ3n) is 1.43. The Morgan fingerprint density at radius 3 is 2.83 bits per heavy atom. The molecule has 1 aromatic carbocycles. The van der Waals surface area contributed by atoms with Crippen molar-refractivity contribution < 1.29 is 4.52 Å². The van der Waals surface area contributed by atoms with Crippen LogP contribution in [-0.4, -0.2) is 10.1 Å². The number of benzene rings is 1. The van der Waals surface area contributed by atoms with Gasteiger partial charge in [0.1, 0.15) is 0 Å².